The molecule has 2 aromatic carbocycles. The van der Waals surface area contributed by atoms with Gasteiger partial charge in [-0.3, -0.25) is 9.59 Å². The Hall–Kier alpha value is -3.42. The van der Waals surface area contributed by atoms with E-state index >= 15 is 0 Å². The van der Waals surface area contributed by atoms with Crippen LogP contribution in [0.1, 0.15) is 25.0 Å². The Balaban J connectivity index is 1.43. The molecule has 0 fully saturated rings. The Labute approximate surface area is 241 Å². The molecule has 0 aliphatic heterocycles. The lowest BCUT2D eigenvalue weighted by Crippen LogP contribution is -2.26. The molecule has 39 heavy (non-hydrogen) atoms. The van der Waals surface area contributed by atoms with Gasteiger partial charge in [-0.1, -0.05) is 59.1 Å². The van der Waals surface area contributed by atoms with E-state index in [1.54, 1.807) is 26.3 Å². The van der Waals surface area contributed by atoms with E-state index < -0.39 is 10.5 Å². The van der Waals surface area contributed by atoms with Crippen LogP contribution >= 0.6 is 34.9 Å². The zero-order chi connectivity index (χ0) is 28.4. The van der Waals surface area contributed by atoms with Crippen LogP contribution < -0.4 is 20.7 Å². The van der Waals surface area contributed by atoms with Gasteiger partial charge in [0.15, 0.2) is 8.68 Å². The molecule has 3 aromatic rings. The summed E-state index contributed by atoms with van der Waals surface area (Å²) in [6.07, 6.45) is 3.21. The lowest BCUT2D eigenvalue weighted by Gasteiger charge is -2.11. The van der Waals surface area contributed by atoms with Crippen molar-refractivity contribution >= 4 is 70.5 Å². The lowest BCUT2D eigenvalue weighted by atomic mass is 10.2. The normalized spacial score (nSPS) is 12.9. The molecule has 0 bridgehead atoms. The first-order valence-corrected chi connectivity index (χ1v) is 14.6. The van der Waals surface area contributed by atoms with Crippen LogP contribution in [0.2, 0.25) is 0 Å². The summed E-state index contributed by atoms with van der Waals surface area (Å²) in [5, 5.41) is 15.5. The molecule has 13 heteroatoms. The molecule has 0 spiro atoms. The van der Waals surface area contributed by atoms with Gasteiger partial charge in [-0.2, -0.15) is 10.2 Å². The van der Waals surface area contributed by atoms with Gasteiger partial charge in [0.25, 0.3) is 11.8 Å². The number of nitrogens with one attached hydrogen (secondary N) is 2. The fraction of sp³-hybridized carbons (Fsp3) is 0.308. The maximum Gasteiger partial charge on any atom is 0.253 e. The third kappa shape index (κ3) is 9.68. The summed E-state index contributed by atoms with van der Waals surface area (Å²) in [5.41, 5.74) is 9.06. The Morgan fingerprint density at radius 2 is 1.10 bits per heavy atom. The van der Waals surface area contributed by atoms with Gasteiger partial charge in [0.2, 0.25) is 0 Å². The highest BCUT2D eigenvalue weighted by atomic mass is 32.2. The van der Waals surface area contributed by atoms with Crippen LogP contribution in [0.5, 0.6) is 0 Å². The summed E-state index contributed by atoms with van der Waals surface area (Å²) in [5.74, 6) is -0.486. The number of carbonyl (C=O) groups excluding carboxylic acids is 2. The van der Waals surface area contributed by atoms with Crippen molar-refractivity contribution in [3.63, 3.8) is 0 Å². The summed E-state index contributed by atoms with van der Waals surface area (Å²) in [6.45, 7) is 3.55. The smallest absolute Gasteiger partial charge is 0.253 e. The number of benzene rings is 2. The molecular formula is C26H32N8O2S3. The number of hydrazone groups is 2. The number of hydrogen-bond donors (Lipinski definition) is 2. The van der Waals surface area contributed by atoms with E-state index in [0.29, 0.717) is 8.68 Å². The summed E-state index contributed by atoms with van der Waals surface area (Å²) < 4.78 is 1.27. The van der Waals surface area contributed by atoms with Crippen molar-refractivity contribution < 1.29 is 9.59 Å². The first kappa shape index (κ1) is 30.1. The van der Waals surface area contributed by atoms with Gasteiger partial charge in [-0.25, -0.2) is 10.9 Å². The monoisotopic (exact) mass is 584 g/mol. The van der Waals surface area contributed by atoms with Crippen molar-refractivity contribution in [1.82, 2.24) is 21.0 Å². The molecule has 0 aliphatic carbocycles. The molecule has 0 saturated heterocycles. The van der Waals surface area contributed by atoms with E-state index in [1.165, 1.54) is 34.9 Å². The van der Waals surface area contributed by atoms with Crippen LogP contribution in [-0.4, -0.2) is 73.1 Å². The molecule has 1 aromatic heterocycles. The Bertz CT molecular complexity index is 1190. The van der Waals surface area contributed by atoms with Crippen molar-refractivity contribution in [1.29, 1.82) is 0 Å². The molecule has 1 heterocycles. The van der Waals surface area contributed by atoms with E-state index in [9.17, 15) is 9.59 Å². The topological polar surface area (TPSA) is 115 Å². The summed E-state index contributed by atoms with van der Waals surface area (Å²) >= 11 is 3.91. The van der Waals surface area contributed by atoms with Crippen LogP contribution in [-0.2, 0) is 9.59 Å². The largest absolute Gasteiger partial charge is 0.378 e. The molecule has 2 amide bonds. The first-order valence-electron chi connectivity index (χ1n) is 12.0. The average molecular weight is 585 g/mol. The van der Waals surface area contributed by atoms with Crippen LogP contribution in [0.25, 0.3) is 0 Å². The summed E-state index contributed by atoms with van der Waals surface area (Å²) in [4.78, 5) is 28.9. The van der Waals surface area contributed by atoms with Crippen LogP contribution in [0.3, 0.4) is 0 Å². The molecule has 0 radical (unpaired) electrons. The number of hydrogen-bond acceptors (Lipinski definition) is 11. The average Bonchev–Trinajstić information content (AvgIpc) is 3.35. The predicted molar refractivity (Wildman–Crippen MR) is 164 cm³/mol. The Morgan fingerprint density at radius 3 is 1.44 bits per heavy atom. The highest BCUT2D eigenvalue weighted by Gasteiger charge is 2.20. The molecular weight excluding hydrogens is 553 g/mol. The predicted octanol–water partition coefficient (Wildman–Crippen LogP) is 3.93. The van der Waals surface area contributed by atoms with Gasteiger partial charge in [-0.15, -0.1) is 10.2 Å². The second kappa shape index (κ2) is 14.7. The van der Waals surface area contributed by atoms with Gasteiger partial charge in [-0.05, 0) is 49.2 Å². The number of rotatable bonds is 12. The van der Waals surface area contributed by atoms with Gasteiger partial charge in [0.1, 0.15) is 0 Å². The molecule has 10 nitrogen and oxygen atoms in total. The van der Waals surface area contributed by atoms with Crippen molar-refractivity contribution in [2.45, 2.75) is 33.0 Å². The van der Waals surface area contributed by atoms with Gasteiger partial charge in [0, 0.05) is 39.6 Å². The number of thioether (sulfide) groups is 2. The second-order valence-electron chi connectivity index (χ2n) is 8.79. The van der Waals surface area contributed by atoms with Crippen molar-refractivity contribution in [2.75, 3.05) is 38.0 Å². The fourth-order valence-corrected chi connectivity index (χ4v) is 6.24. The maximum absolute atomic E-state index is 12.4. The molecule has 0 saturated carbocycles. The summed E-state index contributed by atoms with van der Waals surface area (Å²) in [7, 11) is 7.90. The van der Waals surface area contributed by atoms with E-state index in [0.717, 1.165) is 22.5 Å². The second-order valence-corrected chi connectivity index (χ2v) is 12.9. The SMILES string of the molecule is C[C@H](Sc1nnc(S[C@@H](C)C(=O)N/N=C\c2ccc(N(C)C)cc2)s1)C(=O)N/N=C\c1ccc(N(C)C)cc1. The Morgan fingerprint density at radius 1 is 0.744 bits per heavy atom. The lowest BCUT2D eigenvalue weighted by molar-refractivity contribution is -0.121. The summed E-state index contributed by atoms with van der Waals surface area (Å²) in [6, 6.07) is 15.7. The van der Waals surface area contributed by atoms with Crippen molar-refractivity contribution in [3.05, 3.63) is 59.7 Å². The quantitative estimate of drug-likeness (QED) is 0.187. The first-order chi connectivity index (χ1) is 18.6. The van der Waals surface area contributed by atoms with E-state index in [-0.39, 0.29) is 11.8 Å². The zero-order valence-electron chi connectivity index (χ0n) is 22.7. The number of nitrogens with zero attached hydrogens (tertiary/aromatic N) is 6. The minimum absolute atomic E-state index is 0.243. The number of carbonyl (C=O) groups is 2. The van der Waals surface area contributed by atoms with Crippen molar-refractivity contribution in [3.8, 4) is 0 Å². The van der Waals surface area contributed by atoms with E-state index in [1.807, 2.05) is 86.5 Å². The fourth-order valence-electron chi connectivity index (χ4n) is 2.94. The molecule has 2 atom stereocenters. The van der Waals surface area contributed by atoms with Crippen LogP contribution in [0.15, 0.2) is 67.4 Å². The third-order valence-corrected chi connectivity index (χ3v) is 8.57. The molecule has 2 N–H and O–H groups in total. The van der Waals surface area contributed by atoms with Crippen LogP contribution in [0, 0.1) is 0 Å². The maximum atomic E-state index is 12.4. The molecule has 0 aliphatic rings. The minimum atomic E-state index is -0.425. The molecule has 206 valence electrons. The highest BCUT2D eigenvalue weighted by molar-refractivity contribution is 8.04. The van der Waals surface area contributed by atoms with Crippen LogP contribution in [0.4, 0.5) is 11.4 Å². The molecule has 0 unspecified atom stereocenters. The number of aromatic nitrogens is 2. The van der Waals surface area contributed by atoms with Crippen molar-refractivity contribution in [2.24, 2.45) is 10.2 Å². The standard InChI is InChI=1S/C26H32N8O2S3/c1-17(23(35)29-27-15-19-7-11-21(12-8-19)33(3)4)37-25-31-32-26(39-25)38-18(2)24(36)30-28-16-20-9-13-22(14-10-20)34(5)6/h7-18H,1-6H3,(H,29,35)(H,30,36)/b27-15-,28-16-/t17-,18-/m0/s1. The minimum Gasteiger partial charge on any atom is -0.378 e. The molecule has 3 rings (SSSR count). The third-order valence-electron chi connectivity index (χ3n) is 5.28. The van der Waals surface area contributed by atoms with E-state index in [2.05, 4.69) is 31.3 Å². The zero-order valence-corrected chi connectivity index (χ0v) is 25.1. The van der Waals surface area contributed by atoms with Gasteiger partial charge < -0.3 is 9.80 Å². The Kier molecular flexibility index (Phi) is 11.3. The van der Waals surface area contributed by atoms with Gasteiger partial charge >= 0.3 is 0 Å². The van der Waals surface area contributed by atoms with Gasteiger partial charge in [0.05, 0.1) is 22.9 Å². The number of amides is 2. The van der Waals surface area contributed by atoms with E-state index in [4.69, 9.17) is 0 Å². The number of anilines is 2. The highest BCUT2D eigenvalue weighted by Crippen LogP contribution is 2.33.